The average Bonchev–Trinajstić information content (AvgIpc) is 2.46. The Kier molecular flexibility index (Phi) is 4.28. The molecule has 0 saturated carbocycles. The van der Waals surface area contributed by atoms with Crippen LogP contribution in [0.5, 0.6) is 0 Å². The molecule has 0 radical (unpaired) electrons. The van der Waals surface area contributed by atoms with Crippen LogP contribution in [0.15, 0.2) is 71.2 Å². The van der Waals surface area contributed by atoms with Gasteiger partial charge in [0.1, 0.15) is 0 Å². The van der Waals surface area contributed by atoms with Gasteiger partial charge < -0.3 is 4.90 Å². The molecule has 2 rings (SSSR count). The summed E-state index contributed by atoms with van der Waals surface area (Å²) in [4.78, 5) is 2.13. The minimum atomic E-state index is 0.741. The number of hydrogen-bond donors (Lipinski definition) is 0. The van der Waals surface area contributed by atoms with Gasteiger partial charge in [0.2, 0.25) is 0 Å². The monoisotopic (exact) mass is 271 g/mol. The third-order valence-corrected chi connectivity index (χ3v) is 3.57. The Morgan fingerprint density at radius 3 is 2.42 bits per heavy atom. The van der Waals surface area contributed by atoms with Crippen molar-refractivity contribution in [3.05, 3.63) is 76.7 Å². The van der Waals surface area contributed by atoms with Gasteiger partial charge >= 0.3 is 0 Å². The molecular formula is C17H18ClN. The highest BCUT2D eigenvalue weighted by Crippen LogP contribution is 2.28. The van der Waals surface area contributed by atoms with Crippen molar-refractivity contribution < 1.29 is 0 Å². The van der Waals surface area contributed by atoms with Gasteiger partial charge in [-0.15, -0.1) is 0 Å². The fourth-order valence-electron chi connectivity index (χ4n) is 2.09. The van der Waals surface area contributed by atoms with Crippen molar-refractivity contribution in [2.45, 2.75) is 20.8 Å². The second-order valence-corrected chi connectivity index (χ2v) is 4.94. The molecule has 0 bridgehead atoms. The average molecular weight is 272 g/mol. The molecule has 1 aliphatic heterocycles. The molecule has 0 fully saturated rings. The lowest BCUT2D eigenvalue weighted by atomic mass is 10.0. The Labute approximate surface area is 120 Å². The molecule has 0 saturated heterocycles. The van der Waals surface area contributed by atoms with Gasteiger partial charge in [0.05, 0.1) is 5.03 Å². The van der Waals surface area contributed by atoms with E-state index in [0.717, 1.165) is 10.7 Å². The van der Waals surface area contributed by atoms with E-state index < -0.39 is 0 Å². The second-order valence-electron chi connectivity index (χ2n) is 4.51. The third kappa shape index (κ3) is 2.99. The maximum Gasteiger partial charge on any atom is 0.0572 e. The Morgan fingerprint density at radius 1 is 1.11 bits per heavy atom. The molecule has 0 unspecified atom stereocenters. The molecule has 1 aromatic carbocycles. The van der Waals surface area contributed by atoms with Crippen LogP contribution in [0.1, 0.15) is 26.3 Å². The zero-order valence-corrected chi connectivity index (χ0v) is 12.3. The van der Waals surface area contributed by atoms with E-state index in [1.165, 1.54) is 16.8 Å². The predicted octanol–water partition coefficient (Wildman–Crippen LogP) is 5.29. The first-order valence-corrected chi connectivity index (χ1v) is 6.75. The van der Waals surface area contributed by atoms with E-state index in [2.05, 4.69) is 49.1 Å². The summed E-state index contributed by atoms with van der Waals surface area (Å²) in [5, 5.41) is 0.741. The van der Waals surface area contributed by atoms with Gasteiger partial charge in [-0.2, -0.15) is 0 Å². The van der Waals surface area contributed by atoms with Crippen molar-refractivity contribution in [1.29, 1.82) is 0 Å². The molecule has 0 atom stereocenters. The minimum absolute atomic E-state index is 0.741. The number of hydrogen-bond acceptors (Lipinski definition) is 1. The van der Waals surface area contributed by atoms with Gasteiger partial charge in [0, 0.05) is 17.6 Å². The number of halogens is 1. The Balaban J connectivity index is 2.43. The van der Waals surface area contributed by atoms with E-state index in [4.69, 9.17) is 11.6 Å². The van der Waals surface area contributed by atoms with E-state index in [-0.39, 0.29) is 0 Å². The molecule has 1 nitrogen and oxygen atoms in total. The van der Waals surface area contributed by atoms with Crippen molar-refractivity contribution >= 4 is 17.2 Å². The summed E-state index contributed by atoms with van der Waals surface area (Å²) >= 11 is 6.11. The maximum atomic E-state index is 6.11. The number of allylic oxidation sites excluding steroid dienone is 6. The standard InChI is InChI=1S/C17H18ClN/c1-4-17-11-10-16(18)12-19(17)14(3)13(2)15-8-6-5-7-9-15/h4-12H,1-3H3/b14-13+,17-4?. The van der Waals surface area contributed by atoms with Crippen molar-refractivity contribution in [1.82, 2.24) is 4.90 Å². The second kappa shape index (κ2) is 5.94. The van der Waals surface area contributed by atoms with Crippen molar-refractivity contribution in [2.75, 3.05) is 0 Å². The van der Waals surface area contributed by atoms with Crippen LogP contribution in [0.3, 0.4) is 0 Å². The molecule has 0 aromatic heterocycles. The lowest BCUT2D eigenvalue weighted by Gasteiger charge is -2.27. The van der Waals surface area contributed by atoms with Crippen LogP contribution in [0.25, 0.3) is 5.57 Å². The molecule has 1 aliphatic rings. The van der Waals surface area contributed by atoms with Gasteiger partial charge in [-0.25, -0.2) is 0 Å². The van der Waals surface area contributed by atoms with Crippen LogP contribution >= 0.6 is 11.6 Å². The largest absolute Gasteiger partial charge is 0.320 e. The summed E-state index contributed by atoms with van der Waals surface area (Å²) in [7, 11) is 0. The highest BCUT2D eigenvalue weighted by Gasteiger charge is 2.13. The summed E-state index contributed by atoms with van der Waals surface area (Å²) < 4.78 is 0. The molecular weight excluding hydrogens is 254 g/mol. The molecule has 0 N–H and O–H groups in total. The lowest BCUT2D eigenvalue weighted by molar-refractivity contribution is 0.588. The minimum Gasteiger partial charge on any atom is -0.320 e. The molecule has 1 heterocycles. The van der Waals surface area contributed by atoms with Gasteiger partial charge in [-0.1, -0.05) is 48.0 Å². The van der Waals surface area contributed by atoms with E-state index >= 15 is 0 Å². The first kappa shape index (κ1) is 13.7. The van der Waals surface area contributed by atoms with Crippen LogP contribution in [0, 0.1) is 0 Å². The van der Waals surface area contributed by atoms with E-state index in [1.807, 2.05) is 31.3 Å². The Morgan fingerprint density at radius 2 is 1.79 bits per heavy atom. The summed E-state index contributed by atoms with van der Waals surface area (Å²) in [5.41, 5.74) is 4.80. The van der Waals surface area contributed by atoms with E-state index in [9.17, 15) is 0 Å². The predicted molar refractivity (Wildman–Crippen MR) is 83.4 cm³/mol. The van der Waals surface area contributed by atoms with E-state index in [0.29, 0.717) is 0 Å². The highest BCUT2D eigenvalue weighted by atomic mass is 35.5. The summed E-state index contributed by atoms with van der Waals surface area (Å²) in [5.74, 6) is 0. The molecule has 98 valence electrons. The zero-order valence-electron chi connectivity index (χ0n) is 11.5. The van der Waals surface area contributed by atoms with Crippen LogP contribution in [0.2, 0.25) is 0 Å². The molecule has 1 aromatic rings. The SMILES string of the molecule is CC=C1C=CC(Cl)=CN1/C(C)=C(\C)c1ccccc1. The molecule has 0 aliphatic carbocycles. The van der Waals surface area contributed by atoms with Crippen LogP contribution in [-0.2, 0) is 0 Å². The van der Waals surface area contributed by atoms with Crippen LogP contribution in [-0.4, -0.2) is 4.90 Å². The van der Waals surface area contributed by atoms with Crippen molar-refractivity contribution in [2.24, 2.45) is 0 Å². The topological polar surface area (TPSA) is 3.24 Å². The Hall–Kier alpha value is -1.73. The molecule has 0 spiro atoms. The zero-order chi connectivity index (χ0) is 13.8. The third-order valence-electron chi connectivity index (χ3n) is 3.35. The first-order valence-electron chi connectivity index (χ1n) is 6.37. The van der Waals surface area contributed by atoms with Gasteiger partial charge in [-0.3, -0.25) is 0 Å². The fourth-order valence-corrected chi connectivity index (χ4v) is 2.25. The molecule has 0 amide bonds. The number of benzene rings is 1. The first-order chi connectivity index (χ1) is 9.13. The molecule has 19 heavy (non-hydrogen) atoms. The quantitative estimate of drug-likeness (QED) is 0.706. The Bertz CT molecular complexity index is 577. The van der Waals surface area contributed by atoms with Crippen LogP contribution < -0.4 is 0 Å². The van der Waals surface area contributed by atoms with Crippen molar-refractivity contribution in [3.63, 3.8) is 0 Å². The number of rotatable bonds is 2. The van der Waals surface area contributed by atoms with Gasteiger partial charge in [0.25, 0.3) is 0 Å². The van der Waals surface area contributed by atoms with Crippen molar-refractivity contribution in [3.8, 4) is 0 Å². The van der Waals surface area contributed by atoms with Gasteiger partial charge in [-0.05, 0) is 44.1 Å². The summed E-state index contributed by atoms with van der Waals surface area (Å²) in [6.07, 6.45) is 7.99. The highest BCUT2D eigenvalue weighted by molar-refractivity contribution is 6.31. The maximum absolute atomic E-state index is 6.11. The smallest absolute Gasteiger partial charge is 0.0572 e. The fraction of sp³-hybridized carbons (Fsp3) is 0.176. The summed E-state index contributed by atoms with van der Waals surface area (Å²) in [6.45, 7) is 6.29. The van der Waals surface area contributed by atoms with E-state index in [1.54, 1.807) is 0 Å². The lowest BCUT2D eigenvalue weighted by Crippen LogP contribution is -2.16. The number of nitrogens with zero attached hydrogens (tertiary/aromatic N) is 1. The molecule has 2 heteroatoms. The van der Waals surface area contributed by atoms with Gasteiger partial charge in [0.15, 0.2) is 0 Å². The summed E-state index contributed by atoms with van der Waals surface area (Å²) in [6, 6.07) is 10.4. The normalized spacial score (nSPS) is 18.4. The van der Waals surface area contributed by atoms with Crippen LogP contribution in [0.4, 0.5) is 0 Å².